The molecule has 2 rings (SSSR count). The van der Waals surface area contributed by atoms with Crippen LogP contribution in [-0.2, 0) is 4.74 Å². The van der Waals surface area contributed by atoms with Crippen LogP contribution in [-0.4, -0.2) is 62.1 Å². The molecule has 1 aliphatic heterocycles. The molecule has 1 fully saturated rings. The zero-order chi connectivity index (χ0) is 18.8. The van der Waals surface area contributed by atoms with E-state index in [0.29, 0.717) is 18.4 Å². The van der Waals surface area contributed by atoms with Crippen molar-refractivity contribution in [1.29, 1.82) is 0 Å². The smallest absolute Gasteiger partial charge is 0.407 e. The molecule has 1 aromatic carbocycles. The number of para-hydroxylation sites is 1. The van der Waals surface area contributed by atoms with E-state index < -0.39 is 0 Å². The van der Waals surface area contributed by atoms with Gasteiger partial charge in [-0.15, -0.1) is 11.8 Å². The molecule has 1 saturated heterocycles. The average Bonchev–Trinajstić information content (AvgIpc) is 2.66. The topological polar surface area (TPSA) is 44.8 Å². The van der Waals surface area contributed by atoms with E-state index in [-0.39, 0.29) is 6.09 Å². The molecule has 0 saturated carbocycles. The number of hydrogen-bond acceptors (Lipinski definition) is 5. The van der Waals surface area contributed by atoms with Crippen LogP contribution in [0.1, 0.15) is 33.6 Å². The summed E-state index contributed by atoms with van der Waals surface area (Å²) in [7, 11) is 0. The van der Waals surface area contributed by atoms with Gasteiger partial charge in [-0.3, -0.25) is 4.90 Å². The molecule has 5 nitrogen and oxygen atoms in total. The number of nitrogens with zero attached hydrogens (tertiary/aromatic N) is 2. The van der Waals surface area contributed by atoms with Gasteiger partial charge in [0.05, 0.1) is 12.3 Å². The number of carbonyl (C=O) groups is 1. The van der Waals surface area contributed by atoms with Crippen LogP contribution in [0, 0.1) is 0 Å². The molecule has 1 unspecified atom stereocenters. The fourth-order valence-electron chi connectivity index (χ4n) is 3.01. The summed E-state index contributed by atoms with van der Waals surface area (Å²) in [5.41, 5.74) is 1.38. The maximum absolute atomic E-state index is 11.3. The van der Waals surface area contributed by atoms with Crippen molar-refractivity contribution in [3.05, 3.63) is 24.3 Å². The van der Waals surface area contributed by atoms with E-state index in [0.717, 1.165) is 39.1 Å². The molecule has 26 heavy (non-hydrogen) atoms. The van der Waals surface area contributed by atoms with Crippen molar-refractivity contribution in [2.24, 2.45) is 0 Å². The van der Waals surface area contributed by atoms with Crippen LogP contribution < -0.4 is 10.2 Å². The lowest BCUT2D eigenvalue weighted by molar-refractivity contribution is 0.151. The van der Waals surface area contributed by atoms with Gasteiger partial charge in [-0.1, -0.05) is 26.0 Å². The lowest BCUT2D eigenvalue weighted by atomic mass is 10.2. The first-order valence-corrected chi connectivity index (χ1v) is 10.7. The Bertz CT molecular complexity index is 548. The largest absolute Gasteiger partial charge is 0.450 e. The number of amides is 1. The molecule has 146 valence electrons. The van der Waals surface area contributed by atoms with Crippen molar-refractivity contribution < 1.29 is 9.53 Å². The third kappa shape index (κ3) is 6.72. The molecule has 1 heterocycles. The SMILES string of the molecule is CCOC(=O)NCCCN1CCN(c2ccccc2SC(C)CC)CC1. The summed E-state index contributed by atoms with van der Waals surface area (Å²) in [6, 6.07) is 8.79. The first kappa shape index (κ1) is 20.9. The highest BCUT2D eigenvalue weighted by Gasteiger charge is 2.19. The molecule has 1 atom stereocenters. The van der Waals surface area contributed by atoms with Gasteiger partial charge in [-0.25, -0.2) is 4.79 Å². The lowest BCUT2D eigenvalue weighted by Gasteiger charge is -2.37. The van der Waals surface area contributed by atoms with Gasteiger partial charge in [0.1, 0.15) is 0 Å². The first-order chi connectivity index (χ1) is 12.6. The third-order valence-electron chi connectivity index (χ3n) is 4.68. The van der Waals surface area contributed by atoms with Gasteiger partial charge in [0.15, 0.2) is 0 Å². The second-order valence-corrected chi connectivity index (χ2v) is 8.11. The second-order valence-electron chi connectivity index (χ2n) is 6.63. The van der Waals surface area contributed by atoms with E-state index in [1.807, 2.05) is 18.7 Å². The van der Waals surface area contributed by atoms with Crippen LogP contribution >= 0.6 is 11.8 Å². The molecule has 0 spiro atoms. The number of alkyl carbamates (subject to hydrolysis) is 1. The Hall–Kier alpha value is -1.40. The van der Waals surface area contributed by atoms with E-state index in [9.17, 15) is 4.79 Å². The van der Waals surface area contributed by atoms with E-state index in [1.165, 1.54) is 17.0 Å². The minimum atomic E-state index is -0.312. The van der Waals surface area contributed by atoms with Gasteiger partial charge < -0.3 is 15.0 Å². The standard InChI is InChI=1S/C20H33N3O2S/c1-4-17(3)26-19-10-7-6-9-18(19)23-15-13-22(14-16-23)12-8-11-21-20(24)25-5-2/h6-7,9-10,17H,4-5,8,11-16H2,1-3H3,(H,21,24). The number of thioether (sulfide) groups is 1. The van der Waals surface area contributed by atoms with Crippen LogP contribution in [0.5, 0.6) is 0 Å². The van der Waals surface area contributed by atoms with Crippen LogP contribution in [0.4, 0.5) is 10.5 Å². The van der Waals surface area contributed by atoms with Crippen molar-refractivity contribution in [3.8, 4) is 0 Å². The Morgan fingerprint density at radius 2 is 1.96 bits per heavy atom. The molecule has 1 N–H and O–H groups in total. The van der Waals surface area contributed by atoms with Gasteiger partial charge in [-0.05, 0) is 38.4 Å². The summed E-state index contributed by atoms with van der Waals surface area (Å²) < 4.78 is 4.87. The van der Waals surface area contributed by atoms with Gasteiger partial charge in [-0.2, -0.15) is 0 Å². The molecular weight excluding hydrogens is 346 g/mol. The molecule has 0 aliphatic carbocycles. The Morgan fingerprint density at radius 3 is 2.65 bits per heavy atom. The predicted molar refractivity (Wildman–Crippen MR) is 110 cm³/mol. The normalized spacial score (nSPS) is 16.3. The minimum absolute atomic E-state index is 0.312. The molecule has 0 aromatic heterocycles. The number of benzene rings is 1. The van der Waals surface area contributed by atoms with Crippen molar-refractivity contribution in [3.63, 3.8) is 0 Å². The second kappa shape index (κ2) is 11.3. The summed E-state index contributed by atoms with van der Waals surface area (Å²) in [5.74, 6) is 0. The zero-order valence-corrected chi connectivity index (χ0v) is 17.2. The summed E-state index contributed by atoms with van der Waals surface area (Å²) in [6.45, 7) is 12.7. The number of carbonyl (C=O) groups excluding carboxylic acids is 1. The van der Waals surface area contributed by atoms with Crippen LogP contribution in [0.2, 0.25) is 0 Å². The zero-order valence-electron chi connectivity index (χ0n) is 16.4. The fraction of sp³-hybridized carbons (Fsp3) is 0.650. The number of rotatable bonds is 9. The molecule has 0 radical (unpaired) electrons. The summed E-state index contributed by atoms with van der Waals surface area (Å²) in [5, 5.41) is 3.43. The summed E-state index contributed by atoms with van der Waals surface area (Å²) in [4.78, 5) is 17.7. The number of ether oxygens (including phenoxy) is 1. The highest BCUT2D eigenvalue weighted by molar-refractivity contribution is 8.00. The molecule has 0 bridgehead atoms. The van der Waals surface area contributed by atoms with Gasteiger partial charge in [0.25, 0.3) is 0 Å². The maximum Gasteiger partial charge on any atom is 0.407 e. The summed E-state index contributed by atoms with van der Waals surface area (Å²) in [6.07, 6.45) is 1.83. The number of piperazine rings is 1. The van der Waals surface area contributed by atoms with E-state index >= 15 is 0 Å². The van der Waals surface area contributed by atoms with Gasteiger partial charge >= 0.3 is 6.09 Å². The van der Waals surface area contributed by atoms with Crippen LogP contribution in [0.25, 0.3) is 0 Å². The van der Waals surface area contributed by atoms with E-state index in [1.54, 1.807) is 0 Å². The Balaban J connectivity index is 1.75. The Labute approximate surface area is 162 Å². The lowest BCUT2D eigenvalue weighted by Crippen LogP contribution is -2.47. The highest BCUT2D eigenvalue weighted by atomic mass is 32.2. The first-order valence-electron chi connectivity index (χ1n) is 9.77. The maximum atomic E-state index is 11.3. The molecule has 1 aliphatic rings. The van der Waals surface area contributed by atoms with Crippen molar-refractivity contribution in [2.45, 2.75) is 43.8 Å². The minimum Gasteiger partial charge on any atom is -0.450 e. The van der Waals surface area contributed by atoms with E-state index in [2.05, 4.69) is 53.2 Å². The van der Waals surface area contributed by atoms with E-state index in [4.69, 9.17) is 4.74 Å². The Kier molecular flexibility index (Phi) is 9.12. The third-order valence-corrected chi connectivity index (χ3v) is 6.01. The van der Waals surface area contributed by atoms with Crippen molar-refractivity contribution in [1.82, 2.24) is 10.2 Å². The molecule has 1 amide bonds. The Morgan fingerprint density at radius 1 is 1.23 bits per heavy atom. The van der Waals surface area contributed by atoms with Crippen LogP contribution in [0.15, 0.2) is 29.2 Å². The summed E-state index contributed by atoms with van der Waals surface area (Å²) >= 11 is 1.98. The molecule has 6 heteroatoms. The number of anilines is 1. The monoisotopic (exact) mass is 379 g/mol. The molecule has 1 aromatic rings. The predicted octanol–water partition coefficient (Wildman–Crippen LogP) is 3.84. The van der Waals surface area contributed by atoms with Gasteiger partial charge in [0, 0.05) is 42.9 Å². The number of nitrogens with one attached hydrogen (secondary N) is 1. The fourth-order valence-corrected chi connectivity index (χ4v) is 4.08. The van der Waals surface area contributed by atoms with Crippen LogP contribution in [0.3, 0.4) is 0 Å². The van der Waals surface area contributed by atoms with Crippen molar-refractivity contribution >= 4 is 23.5 Å². The molecular formula is C20H33N3O2S. The average molecular weight is 380 g/mol. The highest BCUT2D eigenvalue weighted by Crippen LogP contribution is 2.34. The number of hydrogen-bond donors (Lipinski definition) is 1. The van der Waals surface area contributed by atoms with Crippen molar-refractivity contribution in [2.75, 3.05) is 50.8 Å². The quantitative estimate of drug-likeness (QED) is 0.522. The van der Waals surface area contributed by atoms with Gasteiger partial charge in [0.2, 0.25) is 0 Å².